The van der Waals surface area contributed by atoms with E-state index in [0.29, 0.717) is 36.2 Å². The molecule has 0 amide bonds. The number of ketones is 4. The summed E-state index contributed by atoms with van der Waals surface area (Å²) in [4.78, 5) is 178. The van der Waals surface area contributed by atoms with Crippen molar-refractivity contribution in [3.8, 4) is 0 Å². The molecule has 4 aromatic rings. The summed E-state index contributed by atoms with van der Waals surface area (Å²) in [5, 5.41) is 9.61. The van der Waals surface area contributed by atoms with Gasteiger partial charge in [0, 0.05) is 79.1 Å². The highest BCUT2D eigenvalue weighted by molar-refractivity contribution is 5.96. The molecule has 0 aromatic heterocycles. The fourth-order valence-corrected chi connectivity index (χ4v) is 9.54. The Hall–Kier alpha value is -12.3. The standard InChI is InChI=1S/2C17H16O2.C14H24O7.2C12H20O4.C11H18O4.C8H14O4.2C7H14O2.C6H12O2/c2*1-12(18)16-7-3-5-14(10-16)9-15-6-4-8-17(11-15)13(2)19;1-10(2)12(16)20-6-11(15)7-21-13(17)14(3,8-18-4)9-19-5;2*1-6-12(4,5)11(14)16-8-7-15-10(13)9(2)3;1-5-9(4)11(13)15-7-6-14-10(12)8(2)3;1-4-8(9)12-6-7(11-3)5-10-2;2*1-5-7(2,3)6(8)9-4;1-4-5(2)6(7)8-3/h2*3-8,10-11H,9H2,1-2H3;11,15H,1,6-9H2,2-5H3;2*2,6-8H2,1,3-5H3;9H,2,5-7H2,1,3-4H3;4,7H,1,5-6H2,2-3H3;2*5H2,1-4H3;5H,4H2,1-3H3. The molecule has 0 saturated heterocycles. The van der Waals surface area contributed by atoms with Gasteiger partial charge in [-0.15, -0.1) is 0 Å². The minimum absolute atomic E-state index is 0.0556. The predicted octanol–water partition coefficient (Wildman–Crippen LogP) is 18.3. The largest absolute Gasteiger partial charge is 0.469 e. The van der Waals surface area contributed by atoms with Gasteiger partial charge in [-0.05, 0) is 216 Å². The summed E-state index contributed by atoms with van der Waals surface area (Å²) in [6, 6.07) is 30.4. The molecular weight excluding hydrogens is 1860 g/mol. The van der Waals surface area contributed by atoms with E-state index in [2.05, 4.69) is 47.1 Å². The second-order valence-corrected chi connectivity index (χ2v) is 35.8. The number of ether oxygens (including phenoxy) is 16. The Kier molecular flexibility index (Phi) is 78.2. The number of rotatable bonds is 48. The molecule has 0 saturated carbocycles. The van der Waals surface area contributed by atoms with Crippen molar-refractivity contribution < 1.29 is 158 Å². The summed E-state index contributed by atoms with van der Waals surface area (Å²) < 4.78 is 77.0. The Bertz CT molecular complexity index is 4340. The van der Waals surface area contributed by atoms with Gasteiger partial charge in [0.2, 0.25) is 0 Å². The third-order valence-corrected chi connectivity index (χ3v) is 21.0. The lowest BCUT2D eigenvalue weighted by molar-refractivity contribution is -0.166. The first kappa shape index (κ1) is 142. The number of benzene rings is 4. The smallest absolute Gasteiger partial charge is 0.333 e. The Morgan fingerprint density at radius 2 is 0.611 bits per heavy atom. The zero-order chi connectivity index (χ0) is 112. The van der Waals surface area contributed by atoms with Crippen LogP contribution in [0.3, 0.4) is 0 Å². The maximum atomic E-state index is 12.0. The predicted molar refractivity (Wildman–Crippen MR) is 551 cm³/mol. The molecular formula is C111H168O33. The topological polar surface area (TPSA) is 441 Å². The summed E-state index contributed by atoms with van der Waals surface area (Å²) in [5.41, 5.74) is 5.87. The van der Waals surface area contributed by atoms with Crippen LogP contribution in [0.1, 0.15) is 275 Å². The van der Waals surface area contributed by atoms with E-state index in [4.69, 9.17) is 61.6 Å². The van der Waals surface area contributed by atoms with Crippen LogP contribution in [0, 0.1) is 38.9 Å². The van der Waals surface area contributed by atoms with Gasteiger partial charge in [0.25, 0.3) is 0 Å². The van der Waals surface area contributed by atoms with Gasteiger partial charge in [-0.2, -0.15) is 0 Å². The Balaban J connectivity index is -0.000000372. The summed E-state index contributed by atoms with van der Waals surface area (Å²) in [6.07, 6.45) is 5.89. The van der Waals surface area contributed by atoms with E-state index in [9.17, 15) is 81.8 Å². The van der Waals surface area contributed by atoms with Gasteiger partial charge in [0.1, 0.15) is 77.1 Å². The number of aliphatic hydroxyl groups excluding tert-OH is 1. The van der Waals surface area contributed by atoms with Crippen molar-refractivity contribution in [1.29, 1.82) is 0 Å². The summed E-state index contributed by atoms with van der Waals surface area (Å²) >= 11 is 0. The number of carbonyl (C=O) groups excluding carboxylic acids is 16. The van der Waals surface area contributed by atoms with Gasteiger partial charge in [-0.1, -0.05) is 161 Å². The van der Waals surface area contributed by atoms with Gasteiger partial charge in [-0.3, -0.25) is 52.7 Å². The first-order valence-electron chi connectivity index (χ1n) is 47.1. The van der Waals surface area contributed by atoms with Gasteiger partial charge in [0.15, 0.2) is 23.1 Å². The molecule has 4 atom stereocenters. The van der Waals surface area contributed by atoms with E-state index >= 15 is 0 Å². The molecule has 4 rings (SSSR count). The fraction of sp³-hybridized carbons (Fsp3) is 0.550. The second kappa shape index (κ2) is 79.1. The number of esters is 12. The highest BCUT2D eigenvalue weighted by atomic mass is 16.6. The quantitative estimate of drug-likeness (QED) is 0.0141. The van der Waals surface area contributed by atoms with Crippen molar-refractivity contribution in [3.05, 3.63) is 203 Å². The van der Waals surface area contributed by atoms with Crippen LogP contribution < -0.4 is 0 Å². The summed E-state index contributed by atoms with van der Waals surface area (Å²) in [7, 11) is 10.3. The summed E-state index contributed by atoms with van der Waals surface area (Å²) in [5.74, 6) is -3.99. The number of aliphatic hydroxyl groups is 1. The minimum atomic E-state index is -1.11. The van der Waals surface area contributed by atoms with Crippen molar-refractivity contribution in [3.63, 3.8) is 0 Å². The number of hydrogen-bond acceptors (Lipinski definition) is 33. The van der Waals surface area contributed by atoms with Crippen LogP contribution in [0.2, 0.25) is 0 Å². The van der Waals surface area contributed by atoms with Crippen molar-refractivity contribution >= 4 is 94.8 Å². The van der Waals surface area contributed by atoms with Crippen molar-refractivity contribution in [2.45, 2.75) is 237 Å². The minimum Gasteiger partial charge on any atom is -0.469 e. The SMILES string of the molecule is C=C(C)C(=O)OCC(O)COC(=O)C(C)(COC)COC.C=C(C)C(=O)OCCOC(=O)C(C)(C)CC.C=C(C)C(=O)OCCOC(=O)C(C)(C)CC.C=C(C)C(=O)OCCOC(=O)C(C)CC.C=CC(=O)OCC(COC)OC.CC(=O)c1cccc(Cc2cccc(C(C)=O)c2)c1.CC(=O)c1cccc(Cc2cccc(C(C)=O)c2)c1.CCC(C)(C)C(=O)OC.CCC(C)(C)C(=O)OC.CCC(C)C(=O)OC. The third-order valence-electron chi connectivity index (χ3n) is 21.0. The van der Waals surface area contributed by atoms with Gasteiger partial charge in [-0.25, -0.2) is 24.0 Å². The number of carbonyl (C=O) groups is 16. The average molecular weight is 2030 g/mol. The maximum Gasteiger partial charge on any atom is 0.333 e. The molecule has 0 aliphatic rings. The van der Waals surface area contributed by atoms with Crippen LogP contribution in [-0.4, -0.2) is 241 Å². The van der Waals surface area contributed by atoms with E-state index in [1.165, 1.54) is 49.6 Å². The number of hydrogen-bond donors (Lipinski definition) is 1. The molecule has 33 nitrogen and oxygen atoms in total. The van der Waals surface area contributed by atoms with E-state index in [0.717, 1.165) is 89.1 Å². The fourth-order valence-electron chi connectivity index (χ4n) is 9.54. The molecule has 33 heteroatoms. The molecule has 0 spiro atoms. The third kappa shape index (κ3) is 67.3. The van der Waals surface area contributed by atoms with Crippen LogP contribution >= 0.6 is 0 Å². The van der Waals surface area contributed by atoms with Gasteiger partial charge >= 0.3 is 71.6 Å². The highest BCUT2D eigenvalue weighted by Gasteiger charge is 2.36. The van der Waals surface area contributed by atoms with Crippen LogP contribution in [-0.2, 0) is 146 Å². The molecule has 0 aliphatic carbocycles. The van der Waals surface area contributed by atoms with Crippen LogP contribution in [0.5, 0.6) is 0 Å². The van der Waals surface area contributed by atoms with E-state index in [1.807, 2.05) is 201 Å². The molecule has 0 heterocycles. The van der Waals surface area contributed by atoms with E-state index < -0.39 is 58.2 Å². The Labute approximate surface area is 855 Å². The lowest BCUT2D eigenvalue weighted by Crippen LogP contribution is -2.40. The maximum absolute atomic E-state index is 12.0. The first-order chi connectivity index (χ1) is 67.0. The van der Waals surface area contributed by atoms with Crippen LogP contribution in [0.15, 0.2) is 158 Å². The average Bonchev–Trinajstić information content (AvgIpc) is 0.854. The lowest BCUT2D eigenvalue weighted by Gasteiger charge is -2.26. The molecule has 0 fully saturated rings. The van der Waals surface area contributed by atoms with Crippen molar-refractivity contribution in [1.82, 2.24) is 0 Å². The first-order valence-corrected chi connectivity index (χ1v) is 47.1. The second-order valence-electron chi connectivity index (χ2n) is 35.8. The Morgan fingerprint density at radius 3 is 0.847 bits per heavy atom. The van der Waals surface area contributed by atoms with E-state index in [1.54, 1.807) is 69.4 Å². The zero-order valence-electron chi connectivity index (χ0n) is 91.8. The molecule has 4 unspecified atom stereocenters. The number of Topliss-reactive ketones (excluding diaryl/α,β-unsaturated/α-hetero) is 4. The normalized spacial score (nSPS) is 11.3. The summed E-state index contributed by atoms with van der Waals surface area (Å²) in [6.45, 7) is 61.9. The van der Waals surface area contributed by atoms with Crippen molar-refractivity contribution in [2.75, 3.05) is 129 Å². The molecule has 0 radical (unpaired) electrons. The van der Waals surface area contributed by atoms with Crippen molar-refractivity contribution in [2.24, 2.45) is 38.9 Å². The highest BCUT2D eigenvalue weighted by Crippen LogP contribution is 2.26. The molecule has 1 N–H and O–H groups in total. The van der Waals surface area contributed by atoms with Crippen LogP contribution in [0.25, 0.3) is 0 Å². The molecule has 810 valence electrons. The zero-order valence-corrected chi connectivity index (χ0v) is 91.8. The number of methoxy groups -OCH3 is 7. The lowest BCUT2D eigenvalue weighted by atomic mass is 9.91. The molecule has 4 aromatic carbocycles. The monoisotopic (exact) mass is 2030 g/mol. The van der Waals surface area contributed by atoms with Gasteiger partial charge < -0.3 is 80.9 Å². The Morgan fingerprint density at radius 1 is 0.333 bits per heavy atom. The van der Waals surface area contributed by atoms with Gasteiger partial charge in [0.05, 0.1) is 74.6 Å². The van der Waals surface area contributed by atoms with Crippen LogP contribution in [0.4, 0.5) is 0 Å². The molecule has 0 bridgehead atoms. The molecule has 0 aliphatic heterocycles. The molecule has 144 heavy (non-hydrogen) atoms. The van der Waals surface area contributed by atoms with E-state index in [-0.39, 0.29) is 166 Å².